The van der Waals surface area contributed by atoms with E-state index in [0.717, 1.165) is 4.68 Å². The number of rotatable bonds is 6. The highest BCUT2D eigenvalue weighted by Crippen LogP contribution is 2.18. The van der Waals surface area contributed by atoms with Gasteiger partial charge in [0.15, 0.2) is 5.69 Å². The van der Waals surface area contributed by atoms with E-state index in [1.54, 1.807) is 25.1 Å². The molecule has 27 heavy (non-hydrogen) atoms. The van der Waals surface area contributed by atoms with Crippen LogP contribution in [0.15, 0.2) is 34.0 Å². The fourth-order valence-corrected chi connectivity index (χ4v) is 2.29. The summed E-state index contributed by atoms with van der Waals surface area (Å²) in [6.45, 7) is 1.66. The molecule has 2 heterocycles. The molecule has 0 saturated carbocycles. The molecule has 4 N–H and O–H groups in total. The molecule has 0 atom stereocenters. The molecule has 1 amide bonds. The number of para-hydroxylation sites is 1. The zero-order valence-corrected chi connectivity index (χ0v) is 14.4. The van der Waals surface area contributed by atoms with E-state index >= 15 is 0 Å². The second-order valence-corrected chi connectivity index (χ2v) is 5.36. The fourth-order valence-electron chi connectivity index (χ4n) is 2.29. The Bertz CT molecular complexity index is 993. The topological polar surface area (TPSA) is 167 Å². The Morgan fingerprint density at radius 3 is 2.85 bits per heavy atom. The van der Waals surface area contributed by atoms with Crippen LogP contribution in [0, 0.1) is 0 Å². The number of hydrogen-bond donors (Lipinski definition) is 3. The number of aromatic hydroxyl groups is 1. The molecule has 0 aliphatic rings. The molecule has 12 nitrogen and oxygen atoms in total. The number of phenols is 1. The number of hydrazone groups is 1. The van der Waals surface area contributed by atoms with Crippen molar-refractivity contribution >= 4 is 17.4 Å². The van der Waals surface area contributed by atoms with Gasteiger partial charge in [0.25, 0.3) is 5.91 Å². The van der Waals surface area contributed by atoms with Gasteiger partial charge < -0.3 is 15.6 Å². The summed E-state index contributed by atoms with van der Waals surface area (Å²) in [4.78, 5) is 12.7. The molecule has 2 aromatic heterocycles. The minimum atomic E-state index is -0.635. The number of nitrogens with one attached hydrogen (secondary N) is 1. The molecular formula is C15H16N8O4. The zero-order valence-electron chi connectivity index (χ0n) is 14.4. The van der Waals surface area contributed by atoms with Crippen molar-refractivity contribution in [1.29, 1.82) is 0 Å². The molecule has 140 valence electrons. The van der Waals surface area contributed by atoms with Crippen molar-refractivity contribution in [2.24, 2.45) is 5.10 Å². The molecule has 0 fully saturated rings. The number of carbonyl (C=O) groups excluding carboxylic acids is 1. The maximum absolute atomic E-state index is 12.7. The number of aromatic nitrogens is 5. The summed E-state index contributed by atoms with van der Waals surface area (Å²) in [7, 11) is 1.45. The first-order valence-electron chi connectivity index (χ1n) is 7.67. The molecule has 3 aromatic rings. The molecule has 0 unspecified atom stereocenters. The van der Waals surface area contributed by atoms with Crippen molar-refractivity contribution in [3.63, 3.8) is 0 Å². The van der Waals surface area contributed by atoms with Gasteiger partial charge in [-0.1, -0.05) is 17.3 Å². The van der Waals surface area contributed by atoms with Gasteiger partial charge in [0.1, 0.15) is 11.4 Å². The number of nitrogen functional groups attached to an aromatic ring is 1. The lowest BCUT2D eigenvalue weighted by Crippen LogP contribution is -2.24. The average Bonchev–Trinajstić information content (AvgIpc) is 3.26. The van der Waals surface area contributed by atoms with E-state index < -0.39 is 5.91 Å². The van der Waals surface area contributed by atoms with Crippen LogP contribution in [-0.2, 0) is 11.3 Å². The molecule has 3 rings (SSSR count). The van der Waals surface area contributed by atoms with E-state index in [1.165, 1.54) is 13.2 Å². The zero-order chi connectivity index (χ0) is 19.4. The van der Waals surface area contributed by atoms with E-state index in [9.17, 15) is 9.90 Å². The van der Waals surface area contributed by atoms with Gasteiger partial charge in [-0.3, -0.25) is 4.79 Å². The Morgan fingerprint density at radius 1 is 1.41 bits per heavy atom. The smallest absolute Gasteiger partial charge is 0.292 e. The maximum atomic E-state index is 12.7. The third-order valence-electron chi connectivity index (χ3n) is 3.55. The van der Waals surface area contributed by atoms with E-state index in [0.29, 0.717) is 11.3 Å². The highest BCUT2D eigenvalue weighted by Gasteiger charge is 2.25. The largest absolute Gasteiger partial charge is 0.507 e. The quantitative estimate of drug-likeness (QED) is 0.405. The van der Waals surface area contributed by atoms with Crippen LogP contribution in [0.2, 0.25) is 0 Å². The monoisotopic (exact) mass is 372 g/mol. The molecule has 1 aromatic carbocycles. The van der Waals surface area contributed by atoms with Gasteiger partial charge in [-0.05, 0) is 29.4 Å². The second-order valence-electron chi connectivity index (χ2n) is 5.36. The van der Waals surface area contributed by atoms with Crippen molar-refractivity contribution < 1.29 is 19.3 Å². The number of carbonyl (C=O) groups is 1. The third-order valence-corrected chi connectivity index (χ3v) is 3.55. The Morgan fingerprint density at radius 2 is 2.19 bits per heavy atom. The predicted molar refractivity (Wildman–Crippen MR) is 92.1 cm³/mol. The molecule has 0 radical (unpaired) electrons. The first-order valence-corrected chi connectivity index (χ1v) is 7.67. The van der Waals surface area contributed by atoms with Gasteiger partial charge in [0, 0.05) is 12.7 Å². The standard InChI is InChI=1S/C15H16N8O4/c1-8(9-5-3-4-6-11(9)24)17-19-15(25)12-10(7-26-2)18-22-23(12)14-13(16)20-27-21-14/h3-6,24H,7H2,1-2H3,(H2,16,20)(H,19,25)/b17-8-. The molecule has 0 aliphatic heterocycles. The van der Waals surface area contributed by atoms with E-state index in [-0.39, 0.29) is 35.4 Å². The van der Waals surface area contributed by atoms with Crippen molar-refractivity contribution in [2.45, 2.75) is 13.5 Å². The predicted octanol–water partition coefficient (Wildman–Crippen LogP) is 0.239. The number of hydrogen-bond acceptors (Lipinski definition) is 10. The number of amides is 1. The summed E-state index contributed by atoms with van der Waals surface area (Å²) in [6, 6.07) is 6.62. The van der Waals surface area contributed by atoms with Crippen LogP contribution in [0.1, 0.15) is 28.7 Å². The van der Waals surface area contributed by atoms with Gasteiger partial charge >= 0.3 is 0 Å². The van der Waals surface area contributed by atoms with Crippen molar-refractivity contribution in [3.05, 3.63) is 41.2 Å². The van der Waals surface area contributed by atoms with Crippen LogP contribution in [-0.4, -0.2) is 49.1 Å². The number of benzene rings is 1. The van der Waals surface area contributed by atoms with E-state index in [1.807, 2.05) is 0 Å². The number of nitrogens with two attached hydrogens (primary N) is 1. The summed E-state index contributed by atoms with van der Waals surface area (Å²) in [5.41, 5.74) is 9.19. The van der Waals surface area contributed by atoms with Gasteiger partial charge in [-0.25, -0.2) is 10.1 Å². The first kappa shape index (κ1) is 18.0. The highest BCUT2D eigenvalue weighted by atomic mass is 16.6. The van der Waals surface area contributed by atoms with Crippen LogP contribution >= 0.6 is 0 Å². The number of phenolic OH excluding ortho intramolecular Hbond substituents is 1. The Labute approximate surface area is 152 Å². The van der Waals surface area contributed by atoms with Gasteiger partial charge in [-0.15, -0.1) is 5.10 Å². The number of ether oxygens (including phenoxy) is 1. The lowest BCUT2D eigenvalue weighted by atomic mass is 10.1. The highest BCUT2D eigenvalue weighted by molar-refractivity contribution is 6.02. The molecule has 0 saturated heterocycles. The summed E-state index contributed by atoms with van der Waals surface area (Å²) in [5, 5.41) is 28.7. The Kier molecular flexibility index (Phi) is 5.08. The lowest BCUT2D eigenvalue weighted by molar-refractivity contribution is 0.0941. The van der Waals surface area contributed by atoms with Crippen LogP contribution in [0.3, 0.4) is 0 Å². The SMILES string of the molecule is COCc1nnn(-c2nonc2N)c1C(=O)N/N=C(/C)c1ccccc1O. The van der Waals surface area contributed by atoms with E-state index in [2.05, 4.69) is 35.8 Å². The first-order chi connectivity index (χ1) is 13.0. The minimum Gasteiger partial charge on any atom is -0.507 e. The second kappa shape index (κ2) is 7.61. The summed E-state index contributed by atoms with van der Waals surface area (Å²) >= 11 is 0. The average molecular weight is 372 g/mol. The van der Waals surface area contributed by atoms with Crippen LogP contribution < -0.4 is 11.2 Å². The molecular weight excluding hydrogens is 356 g/mol. The van der Waals surface area contributed by atoms with Crippen molar-refractivity contribution in [3.8, 4) is 11.6 Å². The fraction of sp³-hybridized carbons (Fsp3) is 0.200. The molecule has 0 spiro atoms. The van der Waals surface area contributed by atoms with Crippen LogP contribution in [0.5, 0.6) is 5.75 Å². The summed E-state index contributed by atoms with van der Waals surface area (Å²) in [6.07, 6.45) is 0. The van der Waals surface area contributed by atoms with Gasteiger partial charge in [0.05, 0.1) is 12.3 Å². The van der Waals surface area contributed by atoms with Crippen LogP contribution in [0.25, 0.3) is 5.82 Å². The Balaban J connectivity index is 1.92. The number of nitrogens with zero attached hydrogens (tertiary/aromatic N) is 6. The molecule has 0 bridgehead atoms. The maximum Gasteiger partial charge on any atom is 0.292 e. The van der Waals surface area contributed by atoms with E-state index in [4.69, 9.17) is 10.5 Å². The number of anilines is 1. The lowest BCUT2D eigenvalue weighted by Gasteiger charge is -2.06. The summed E-state index contributed by atoms with van der Waals surface area (Å²) < 4.78 is 10.7. The summed E-state index contributed by atoms with van der Waals surface area (Å²) in [5.74, 6) is -0.645. The molecule has 0 aliphatic carbocycles. The Hall–Kier alpha value is -3.80. The minimum absolute atomic E-state index is 0.00748. The number of methoxy groups -OCH3 is 1. The van der Waals surface area contributed by atoms with Crippen molar-refractivity contribution in [2.75, 3.05) is 12.8 Å². The third kappa shape index (κ3) is 3.59. The molecule has 12 heteroatoms. The normalized spacial score (nSPS) is 11.6. The van der Waals surface area contributed by atoms with Crippen LogP contribution in [0.4, 0.5) is 5.82 Å². The van der Waals surface area contributed by atoms with Gasteiger partial charge in [0.2, 0.25) is 11.6 Å². The van der Waals surface area contributed by atoms with Crippen molar-refractivity contribution in [1.82, 2.24) is 30.7 Å². The van der Waals surface area contributed by atoms with Gasteiger partial charge in [-0.2, -0.15) is 9.78 Å².